The summed E-state index contributed by atoms with van der Waals surface area (Å²) >= 11 is 0. The minimum atomic E-state index is -0.716. The third kappa shape index (κ3) is 4.82. The number of rotatable bonds is 6. The summed E-state index contributed by atoms with van der Waals surface area (Å²) in [5, 5.41) is 20.9. The van der Waals surface area contributed by atoms with Crippen molar-refractivity contribution in [3.8, 4) is 34.9 Å². The summed E-state index contributed by atoms with van der Waals surface area (Å²) in [6.07, 6.45) is 1.30. The van der Waals surface area contributed by atoms with Gasteiger partial charge in [-0.3, -0.25) is 4.79 Å². The molecule has 4 aromatic rings. The van der Waals surface area contributed by atoms with Gasteiger partial charge >= 0.3 is 0 Å². The van der Waals surface area contributed by atoms with Crippen molar-refractivity contribution in [3.63, 3.8) is 0 Å². The summed E-state index contributed by atoms with van der Waals surface area (Å²) in [5.41, 5.74) is 10.1. The number of aryl methyl sites for hydroxylation is 1. The first kappa shape index (κ1) is 22.0. The Morgan fingerprint density at radius 1 is 0.941 bits per heavy atom. The van der Waals surface area contributed by atoms with Crippen molar-refractivity contribution in [2.45, 2.75) is 6.92 Å². The SMILES string of the molecule is Cc1cc(-c2ccc(C#N)cc2)ccc1Oc1nc(Nc2ccc(C#N)cc2)ncc1C(N)=O. The monoisotopic (exact) mass is 446 g/mol. The van der Waals surface area contributed by atoms with E-state index in [0.29, 0.717) is 22.6 Å². The standard InChI is InChI=1S/C26H18N6O2/c1-16-12-20(19-6-2-17(13-27)3-7-19)8-11-23(16)34-25-22(24(29)33)15-30-26(32-25)31-21-9-4-18(14-28)5-10-21/h2-12,15H,1H3,(H2,29,33)(H,30,31,32). The van der Waals surface area contributed by atoms with E-state index < -0.39 is 5.91 Å². The van der Waals surface area contributed by atoms with Gasteiger partial charge in [0.2, 0.25) is 11.8 Å². The van der Waals surface area contributed by atoms with E-state index in [-0.39, 0.29) is 17.4 Å². The molecule has 8 heteroatoms. The zero-order valence-electron chi connectivity index (χ0n) is 18.1. The molecule has 0 atom stereocenters. The predicted octanol–water partition coefficient (Wildman–Crippen LogP) is 4.83. The van der Waals surface area contributed by atoms with E-state index in [4.69, 9.17) is 21.0 Å². The number of carbonyl (C=O) groups excluding carboxylic acids is 1. The topological polar surface area (TPSA) is 138 Å². The van der Waals surface area contributed by atoms with E-state index in [9.17, 15) is 4.79 Å². The van der Waals surface area contributed by atoms with Crippen molar-refractivity contribution in [2.75, 3.05) is 5.32 Å². The lowest BCUT2D eigenvalue weighted by Crippen LogP contribution is -2.14. The maximum absolute atomic E-state index is 11.9. The maximum atomic E-state index is 11.9. The highest BCUT2D eigenvalue weighted by Crippen LogP contribution is 2.31. The number of ether oxygens (including phenoxy) is 1. The zero-order chi connectivity index (χ0) is 24.1. The Morgan fingerprint density at radius 2 is 1.56 bits per heavy atom. The fraction of sp³-hybridized carbons (Fsp3) is 0.0385. The van der Waals surface area contributed by atoms with Crippen molar-refractivity contribution in [1.82, 2.24) is 9.97 Å². The van der Waals surface area contributed by atoms with Crippen molar-refractivity contribution in [3.05, 3.63) is 95.2 Å². The Balaban J connectivity index is 1.61. The zero-order valence-corrected chi connectivity index (χ0v) is 18.1. The van der Waals surface area contributed by atoms with Crippen molar-refractivity contribution in [2.24, 2.45) is 5.73 Å². The number of hydrogen-bond acceptors (Lipinski definition) is 7. The van der Waals surface area contributed by atoms with Crippen LogP contribution in [0.5, 0.6) is 11.6 Å². The molecule has 3 N–H and O–H groups in total. The van der Waals surface area contributed by atoms with Gasteiger partial charge in [0.15, 0.2) is 0 Å². The molecule has 0 spiro atoms. The first-order chi connectivity index (χ1) is 16.5. The van der Waals surface area contributed by atoms with Crippen LogP contribution in [0.25, 0.3) is 11.1 Å². The molecule has 0 saturated carbocycles. The second-order valence-corrected chi connectivity index (χ2v) is 7.36. The minimum Gasteiger partial charge on any atom is -0.438 e. The van der Waals surface area contributed by atoms with E-state index in [1.54, 1.807) is 42.5 Å². The molecule has 8 nitrogen and oxygen atoms in total. The third-order valence-corrected chi connectivity index (χ3v) is 5.02. The van der Waals surface area contributed by atoms with Crippen molar-refractivity contribution < 1.29 is 9.53 Å². The Hall–Kier alpha value is -5.21. The van der Waals surface area contributed by atoms with E-state index in [2.05, 4.69) is 27.4 Å². The molecule has 1 aromatic heterocycles. The summed E-state index contributed by atoms with van der Waals surface area (Å²) in [5.74, 6) is 0.0131. The lowest BCUT2D eigenvalue weighted by Gasteiger charge is -2.13. The van der Waals surface area contributed by atoms with Crippen LogP contribution in [0, 0.1) is 29.6 Å². The van der Waals surface area contributed by atoms with Crippen LogP contribution in [0.1, 0.15) is 27.0 Å². The molecular formula is C26H18N6O2. The molecule has 4 rings (SSSR count). The summed E-state index contributed by atoms with van der Waals surface area (Å²) in [6, 6.07) is 23.8. The van der Waals surface area contributed by atoms with Gasteiger partial charge in [-0.15, -0.1) is 0 Å². The van der Waals surface area contributed by atoms with Crippen LogP contribution in [0.2, 0.25) is 0 Å². The van der Waals surface area contributed by atoms with Crippen LogP contribution in [0.4, 0.5) is 11.6 Å². The first-order valence-electron chi connectivity index (χ1n) is 10.2. The number of anilines is 2. The number of primary amides is 1. The third-order valence-electron chi connectivity index (χ3n) is 5.02. The van der Waals surface area contributed by atoms with Crippen LogP contribution >= 0.6 is 0 Å². The smallest absolute Gasteiger partial charge is 0.255 e. The van der Waals surface area contributed by atoms with E-state index >= 15 is 0 Å². The molecule has 1 heterocycles. The second-order valence-electron chi connectivity index (χ2n) is 7.36. The van der Waals surface area contributed by atoms with Gasteiger partial charge in [0, 0.05) is 11.9 Å². The van der Waals surface area contributed by atoms with Crippen LogP contribution in [-0.2, 0) is 0 Å². The quantitative estimate of drug-likeness (QED) is 0.432. The average Bonchev–Trinajstić information content (AvgIpc) is 2.86. The highest BCUT2D eigenvalue weighted by Gasteiger charge is 2.16. The Morgan fingerprint density at radius 3 is 2.15 bits per heavy atom. The molecule has 0 aliphatic heterocycles. The molecule has 0 aliphatic rings. The van der Waals surface area contributed by atoms with Gasteiger partial charge in [-0.25, -0.2) is 4.98 Å². The number of amides is 1. The summed E-state index contributed by atoms with van der Waals surface area (Å²) in [4.78, 5) is 20.4. The van der Waals surface area contributed by atoms with Crippen LogP contribution in [0.15, 0.2) is 72.9 Å². The molecule has 0 bridgehead atoms. The molecule has 0 unspecified atom stereocenters. The van der Waals surface area contributed by atoms with E-state index in [1.807, 2.05) is 31.2 Å². The largest absolute Gasteiger partial charge is 0.438 e. The number of nitrogens with zero attached hydrogens (tertiary/aromatic N) is 4. The number of aromatic nitrogens is 2. The molecule has 3 aromatic carbocycles. The molecule has 0 aliphatic carbocycles. The number of hydrogen-bond donors (Lipinski definition) is 2. The molecule has 0 saturated heterocycles. The van der Waals surface area contributed by atoms with E-state index in [1.165, 1.54) is 6.20 Å². The Labute approximate surface area is 195 Å². The van der Waals surface area contributed by atoms with Crippen molar-refractivity contribution in [1.29, 1.82) is 10.5 Å². The average molecular weight is 446 g/mol. The van der Waals surface area contributed by atoms with Gasteiger partial charge in [0.05, 0.1) is 23.3 Å². The van der Waals surface area contributed by atoms with Gasteiger partial charge in [-0.1, -0.05) is 18.2 Å². The Bertz CT molecular complexity index is 1450. The second kappa shape index (κ2) is 9.51. The molecule has 0 fully saturated rings. The van der Waals surface area contributed by atoms with Crippen LogP contribution in [-0.4, -0.2) is 15.9 Å². The molecule has 1 amide bonds. The first-order valence-corrected chi connectivity index (χ1v) is 10.2. The fourth-order valence-electron chi connectivity index (χ4n) is 3.22. The predicted molar refractivity (Wildman–Crippen MR) is 126 cm³/mol. The molecule has 34 heavy (non-hydrogen) atoms. The lowest BCUT2D eigenvalue weighted by atomic mass is 10.0. The normalized spacial score (nSPS) is 10.1. The van der Waals surface area contributed by atoms with E-state index in [0.717, 1.165) is 16.7 Å². The summed E-state index contributed by atoms with van der Waals surface area (Å²) in [6.45, 7) is 1.88. The summed E-state index contributed by atoms with van der Waals surface area (Å²) in [7, 11) is 0. The van der Waals surface area contributed by atoms with Crippen molar-refractivity contribution >= 4 is 17.5 Å². The lowest BCUT2D eigenvalue weighted by molar-refractivity contribution is 0.0997. The van der Waals surface area contributed by atoms with Gasteiger partial charge in [0.1, 0.15) is 11.3 Å². The van der Waals surface area contributed by atoms with Gasteiger partial charge in [-0.2, -0.15) is 15.5 Å². The van der Waals surface area contributed by atoms with Crippen LogP contribution < -0.4 is 15.8 Å². The number of nitrogens with two attached hydrogens (primary N) is 1. The summed E-state index contributed by atoms with van der Waals surface area (Å²) < 4.78 is 5.97. The minimum absolute atomic E-state index is 0.0212. The van der Waals surface area contributed by atoms with Gasteiger partial charge in [0.25, 0.3) is 5.91 Å². The molecular weight excluding hydrogens is 428 g/mol. The highest BCUT2D eigenvalue weighted by atomic mass is 16.5. The fourth-order valence-corrected chi connectivity index (χ4v) is 3.22. The van der Waals surface area contributed by atoms with Crippen LogP contribution in [0.3, 0.4) is 0 Å². The number of nitrogens with one attached hydrogen (secondary N) is 1. The number of nitriles is 2. The number of benzene rings is 3. The highest BCUT2D eigenvalue weighted by molar-refractivity contribution is 5.95. The van der Waals surface area contributed by atoms with Gasteiger partial charge in [-0.05, 0) is 72.1 Å². The molecule has 0 radical (unpaired) electrons. The molecule has 164 valence electrons. The Kier molecular flexibility index (Phi) is 6.16. The van der Waals surface area contributed by atoms with Gasteiger partial charge < -0.3 is 15.8 Å². The maximum Gasteiger partial charge on any atom is 0.255 e. The number of carbonyl (C=O) groups is 1.